The molecule has 0 aliphatic carbocycles. The van der Waals surface area contributed by atoms with E-state index in [9.17, 15) is 14.7 Å². The number of nitrogens with one attached hydrogen (secondary N) is 1. The van der Waals surface area contributed by atoms with Gasteiger partial charge in [-0.1, -0.05) is 6.07 Å². The summed E-state index contributed by atoms with van der Waals surface area (Å²) in [4.78, 5) is 24.7. The molecule has 2 rings (SSSR count). The third kappa shape index (κ3) is 1.42. The van der Waals surface area contributed by atoms with E-state index < -0.39 is 11.0 Å². The number of nitrogens with zero attached hydrogens (tertiary/aromatic N) is 1. The Morgan fingerprint density at radius 1 is 1.31 bits per heavy atom. The standard InChI is InChI=1S/C11H6N2O3/c12-5-6-2-1-3-7-8(14)4-9(15)11(16)13-10(6)7/h1-4,14H,(H,13,15,16). The Balaban J connectivity index is 3.18. The molecular formula is C11H6N2O3. The van der Waals surface area contributed by atoms with Crippen LogP contribution in [0.15, 0.2) is 33.9 Å². The summed E-state index contributed by atoms with van der Waals surface area (Å²) in [6.45, 7) is 0. The summed E-state index contributed by atoms with van der Waals surface area (Å²) in [5, 5.41) is 18.7. The van der Waals surface area contributed by atoms with Crippen LogP contribution < -0.4 is 11.0 Å². The lowest BCUT2D eigenvalue weighted by molar-refractivity contribution is 0.481. The fourth-order valence-corrected chi connectivity index (χ4v) is 1.44. The topological polar surface area (TPSA) is 93.9 Å². The molecule has 0 radical (unpaired) electrons. The van der Waals surface area contributed by atoms with Crippen molar-refractivity contribution in [1.29, 1.82) is 5.26 Å². The molecule has 0 bridgehead atoms. The van der Waals surface area contributed by atoms with E-state index in [0.29, 0.717) is 0 Å². The molecule has 0 aliphatic rings. The third-order valence-corrected chi connectivity index (χ3v) is 2.19. The molecule has 0 aliphatic heterocycles. The second-order valence-corrected chi connectivity index (χ2v) is 3.19. The number of aromatic nitrogens is 1. The summed E-state index contributed by atoms with van der Waals surface area (Å²) >= 11 is 0. The van der Waals surface area contributed by atoms with Gasteiger partial charge in [0.1, 0.15) is 11.8 Å². The van der Waals surface area contributed by atoms with Crippen LogP contribution in [0.5, 0.6) is 5.75 Å². The summed E-state index contributed by atoms with van der Waals surface area (Å²) in [5.41, 5.74) is -1.36. The SMILES string of the molecule is N#Cc1cccc2c(O)cc(=O)c(=O)[nH]c12. The fraction of sp³-hybridized carbons (Fsp3) is 0. The second-order valence-electron chi connectivity index (χ2n) is 3.19. The van der Waals surface area contributed by atoms with Gasteiger partial charge in [-0.3, -0.25) is 9.59 Å². The molecule has 5 heteroatoms. The Morgan fingerprint density at radius 2 is 2.06 bits per heavy atom. The number of rotatable bonds is 0. The average Bonchev–Trinajstić information content (AvgIpc) is 2.38. The molecule has 16 heavy (non-hydrogen) atoms. The fourth-order valence-electron chi connectivity index (χ4n) is 1.44. The summed E-state index contributed by atoms with van der Waals surface area (Å²) < 4.78 is 0. The van der Waals surface area contributed by atoms with Crippen molar-refractivity contribution in [1.82, 2.24) is 4.98 Å². The molecule has 0 saturated carbocycles. The van der Waals surface area contributed by atoms with E-state index in [0.717, 1.165) is 6.07 Å². The van der Waals surface area contributed by atoms with Crippen LogP contribution in [0.2, 0.25) is 0 Å². The van der Waals surface area contributed by atoms with Gasteiger partial charge < -0.3 is 10.1 Å². The minimum absolute atomic E-state index is 0.162. The molecule has 0 unspecified atom stereocenters. The van der Waals surface area contributed by atoms with Crippen molar-refractivity contribution in [3.05, 3.63) is 50.4 Å². The van der Waals surface area contributed by atoms with Crippen LogP contribution in [0.25, 0.3) is 10.9 Å². The Morgan fingerprint density at radius 3 is 2.75 bits per heavy atom. The molecule has 2 aromatic rings. The van der Waals surface area contributed by atoms with E-state index in [1.165, 1.54) is 12.1 Å². The van der Waals surface area contributed by atoms with Crippen LogP contribution in [0.3, 0.4) is 0 Å². The highest BCUT2D eigenvalue weighted by atomic mass is 16.3. The van der Waals surface area contributed by atoms with Gasteiger partial charge in [0, 0.05) is 11.5 Å². The van der Waals surface area contributed by atoms with Gasteiger partial charge in [-0.15, -0.1) is 0 Å². The largest absolute Gasteiger partial charge is 0.507 e. The summed E-state index contributed by atoms with van der Waals surface area (Å²) in [7, 11) is 0. The molecule has 0 atom stereocenters. The molecule has 5 nitrogen and oxygen atoms in total. The maximum atomic E-state index is 11.3. The van der Waals surface area contributed by atoms with E-state index in [1.807, 2.05) is 6.07 Å². The van der Waals surface area contributed by atoms with Gasteiger partial charge in [-0.2, -0.15) is 5.26 Å². The monoisotopic (exact) mass is 214 g/mol. The number of para-hydroxylation sites is 1. The van der Waals surface area contributed by atoms with Crippen LogP contribution in [0.4, 0.5) is 0 Å². The molecule has 78 valence electrons. The number of hydrogen-bond acceptors (Lipinski definition) is 4. The van der Waals surface area contributed by atoms with Crippen LogP contribution >= 0.6 is 0 Å². The quantitative estimate of drug-likeness (QED) is 0.623. The normalized spacial score (nSPS) is 9.94. The van der Waals surface area contributed by atoms with Gasteiger partial charge >= 0.3 is 0 Å². The van der Waals surface area contributed by atoms with Gasteiger partial charge in [0.25, 0.3) is 5.56 Å². The lowest BCUT2D eigenvalue weighted by Crippen LogP contribution is -2.22. The number of aromatic hydroxyl groups is 1. The second kappa shape index (κ2) is 3.51. The highest BCUT2D eigenvalue weighted by Crippen LogP contribution is 2.21. The highest BCUT2D eigenvalue weighted by Gasteiger charge is 2.05. The van der Waals surface area contributed by atoms with E-state index in [4.69, 9.17) is 5.26 Å². The molecule has 0 fully saturated rings. The first-order valence-electron chi connectivity index (χ1n) is 4.43. The molecule has 1 aromatic heterocycles. The first kappa shape index (κ1) is 9.93. The zero-order chi connectivity index (χ0) is 11.7. The predicted molar refractivity (Wildman–Crippen MR) is 57.2 cm³/mol. The van der Waals surface area contributed by atoms with E-state index in [1.54, 1.807) is 6.07 Å². The lowest BCUT2D eigenvalue weighted by Gasteiger charge is -1.96. The number of H-pyrrole nitrogens is 1. The van der Waals surface area contributed by atoms with Crippen molar-refractivity contribution in [3.63, 3.8) is 0 Å². The van der Waals surface area contributed by atoms with Crippen molar-refractivity contribution in [2.45, 2.75) is 0 Å². The van der Waals surface area contributed by atoms with Gasteiger partial charge in [-0.05, 0) is 12.1 Å². The van der Waals surface area contributed by atoms with Crippen LogP contribution in [-0.4, -0.2) is 10.1 Å². The van der Waals surface area contributed by atoms with Crippen molar-refractivity contribution >= 4 is 10.9 Å². The smallest absolute Gasteiger partial charge is 0.296 e. The van der Waals surface area contributed by atoms with Crippen LogP contribution in [-0.2, 0) is 0 Å². The van der Waals surface area contributed by atoms with E-state index in [-0.39, 0.29) is 22.2 Å². The van der Waals surface area contributed by atoms with Crippen molar-refractivity contribution in [3.8, 4) is 11.8 Å². The van der Waals surface area contributed by atoms with Gasteiger partial charge in [0.15, 0.2) is 0 Å². The molecular weight excluding hydrogens is 208 g/mol. The van der Waals surface area contributed by atoms with Crippen molar-refractivity contribution in [2.75, 3.05) is 0 Å². The van der Waals surface area contributed by atoms with Crippen molar-refractivity contribution in [2.24, 2.45) is 0 Å². The Bertz CT molecular complexity index is 726. The zero-order valence-electron chi connectivity index (χ0n) is 8.02. The Labute approximate surface area is 89.2 Å². The van der Waals surface area contributed by atoms with Crippen molar-refractivity contribution < 1.29 is 5.11 Å². The first-order chi connectivity index (χ1) is 7.63. The van der Waals surface area contributed by atoms with Gasteiger partial charge in [0.2, 0.25) is 5.43 Å². The molecule has 0 amide bonds. The third-order valence-electron chi connectivity index (χ3n) is 2.19. The number of nitriles is 1. The molecule has 1 aromatic carbocycles. The Kier molecular flexibility index (Phi) is 2.18. The Hall–Kier alpha value is -2.61. The summed E-state index contributed by atoms with van der Waals surface area (Å²) in [5.74, 6) is -0.324. The number of fused-ring (bicyclic) bond motifs is 1. The molecule has 0 spiro atoms. The number of benzene rings is 1. The highest BCUT2D eigenvalue weighted by molar-refractivity contribution is 5.88. The molecule has 2 N–H and O–H groups in total. The molecule has 0 saturated heterocycles. The number of aromatic amines is 1. The number of hydrogen-bond donors (Lipinski definition) is 2. The van der Waals surface area contributed by atoms with E-state index >= 15 is 0 Å². The molecule has 1 heterocycles. The van der Waals surface area contributed by atoms with Gasteiger partial charge in [0.05, 0.1) is 11.1 Å². The minimum atomic E-state index is -0.868. The van der Waals surface area contributed by atoms with Gasteiger partial charge in [-0.25, -0.2) is 0 Å². The van der Waals surface area contributed by atoms with Crippen LogP contribution in [0.1, 0.15) is 5.56 Å². The predicted octanol–water partition coefficient (Wildman–Crippen LogP) is 0.466. The van der Waals surface area contributed by atoms with E-state index in [2.05, 4.69) is 4.98 Å². The summed E-state index contributed by atoms with van der Waals surface area (Å²) in [6, 6.07) is 7.27. The average molecular weight is 214 g/mol. The maximum Gasteiger partial charge on any atom is 0.296 e. The zero-order valence-corrected chi connectivity index (χ0v) is 8.02. The minimum Gasteiger partial charge on any atom is -0.507 e. The van der Waals surface area contributed by atoms with Crippen LogP contribution in [0, 0.1) is 11.3 Å². The lowest BCUT2D eigenvalue weighted by atomic mass is 10.1. The maximum absolute atomic E-state index is 11.3. The summed E-state index contributed by atoms with van der Waals surface area (Å²) in [6.07, 6.45) is 0. The first-order valence-corrected chi connectivity index (χ1v) is 4.43.